The SMILES string of the molecule is CCCCN(C)C1CCCCC1C(=O)O. The number of nitrogens with zero attached hydrogens (tertiary/aromatic N) is 1. The minimum Gasteiger partial charge on any atom is -0.481 e. The van der Waals surface area contributed by atoms with Crippen molar-refractivity contribution >= 4 is 5.97 Å². The highest BCUT2D eigenvalue weighted by Gasteiger charge is 2.32. The third-order valence-corrected chi connectivity index (χ3v) is 3.48. The summed E-state index contributed by atoms with van der Waals surface area (Å²) >= 11 is 0. The van der Waals surface area contributed by atoms with Crippen molar-refractivity contribution in [3.63, 3.8) is 0 Å². The van der Waals surface area contributed by atoms with E-state index in [2.05, 4.69) is 18.9 Å². The molecule has 1 N–H and O–H groups in total. The maximum Gasteiger partial charge on any atom is 0.308 e. The van der Waals surface area contributed by atoms with Crippen LogP contribution < -0.4 is 0 Å². The number of hydrogen-bond donors (Lipinski definition) is 1. The summed E-state index contributed by atoms with van der Waals surface area (Å²) in [4.78, 5) is 13.4. The van der Waals surface area contributed by atoms with Crippen LogP contribution in [0, 0.1) is 5.92 Å². The summed E-state index contributed by atoms with van der Waals surface area (Å²) in [5, 5.41) is 9.16. The molecule has 1 saturated carbocycles. The summed E-state index contributed by atoms with van der Waals surface area (Å²) in [6.45, 7) is 3.20. The first-order valence-electron chi connectivity index (χ1n) is 6.09. The lowest BCUT2D eigenvalue weighted by Crippen LogP contribution is -2.43. The molecule has 1 fully saturated rings. The van der Waals surface area contributed by atoms with Crippen LogP contribution in [-0.2, 0) is 4.79 Å². The predicted molar refractivity (Wildman–Crippen MR) is 60.9 cm³/mol. The smallest absolute Gasteiger partial charge is 0.308 e. The molecule has 0 radical (unpaired) electrons. The van der Waals surface area contributed by atoms with Crippen molar-refractivity contribution in [2.24, 2.45) is 5.92 Å². The van der Waals surface area contributed by atoms with E-state index in [9.17, 15) is 4.79 Å². The first-order chi connectivity index (χ1) is 7.16. The standard InChI is InChI=1S/C12H23NO2/c1-3-4-9-13(2)11-8-6-5-7-10(11)12(14)15/h10-11H,3-9H2,1-2H3,(H,14,15). The number of carboxylic acids is 1. The molecule has 3 nitrogen and oxygen atoms in total. The summed E-state index contributed by atoms with van der Waals surface area (Å²) in [5.74, 6) is -0.747. The van der Waals surface area contributed by atoms with Crippen LogP contribution in [0.5, 0.6) is 0 Å². The lowest BCUT2D eigenvalue weighted by Gasteiger charge is -2.35. The van der Waals surface area contributed by atoms with Gasteiger partial charge in [-0.3, -0.25) is 4.79 Å². The quantitative estimate of drug-likeness (QED) is 0.762. The van der Waals surface area contributed by atoms with Crippen molar-refractivity contribution in [3.8, 4) is 0 Å². The number of aliphatic carboxylic acids is 1. The van der Waals surface area contributed by atoms with Gasteiger partial charge in [0.1, 0.15) is 0 Å². The van der Waals surface area contributed by atoms with Gasteiger partial charge in [-0.05, 0) is 32.9 Å². The third-order valence-electron chi connectivity index (χ3n) is 3.48. The second kappa shape index (κ2) is 6.11. The molecule has 0 saturated heterocycles. The Bertz CT molecular complexity index is 206. The molecule has 3 heteroatoms. The molecule has 1 aliphatic carbocycles. The summed E-state index contributed by atoms with van der Waals surface area (Å²) < 4.78 is 0. The van der Waals surface area contributed by atoms with E-state index in [0.29, 0.717) is 0 Å². The highest BCUT2D eigenvalue weighted by Crippen LogP contribution is 2.28. The van der Waals surface area contributed by atoms with E-state index < -0.39 is 5.97 Å². The molecule has 1 aliphatic rings. The zero-order chi connectivity index (χ0) is 11.3. The van der Waals surface area contributed by atoms with Crippen molar-refractivity contribution in [3.05, 3.63) is 0 Å². The first-order valence-corrected chi connectivity index (χ1v) is 6.09. The Balaban J connectivity index is 2.51. The number of rotatable bonds is 5. The van der Waals surface area contributed by atoms with Crippen LogP contribution in [0.3, 0.4) is 0 Å². The lowest BCUT2D eigenvalue weighted by atomic mass is 9.83. The predicted octanol–water partition coefficient (Wildman–Crippen LogP) is 2.36. The third kappa shape index (κ3) is 3.49. The molecule has 1 rings (SSSR count). The number of unbranched alkanes of at least 4 members (excludes halogenated alkanes) is 1. The molecule has 2 unspecified atom stereocenters. The minimum absolute atomic E-state index is 0.138. The van der Waals surface area contributed by atoms with Crippen molar-refractivity contribution in [2.75, 3.05) is 13.6 Å². The average Bonchev–Trinajstić information content (AvgIpc) is 2.25. The summed E-state index contributed by atoms with van der Waals surface area (Å²) in [5.41, 5.74) is 0. The van der Waals surface area contributed by atoms with Gasteiger partial charge in [-0.2, -0.15) is 0 Å². The van der Waals surface area contributed by atoms with Gasteiger partial charge in [0.25, 0.3) is 0 Å². The molecular weight excluding hydrogens is 190 g/mol. The Morgan fingerprint density at radius 1 is 1.40 bits per heavy atom. The summed E-state index contributed by atoms with van der Waals surface area (Å²) in [7, 11) is 2.07. The number of carbonyl (C=O) groups is 1. The van der Waals surface area contributed by atoms with Crippen LogP contribution in [0.4, 0.5) is 0 Å². The number of carboxylic acid groups (broad SMARTS) is 1. The van der Waals surface area contributed by atoms with Gasteiger partial charge in [-0.1, -0.05) is 26.2 Å². The Hall–Kier alpha value is -0.570. The molecule has 0 heterocycles. The maximum atomic E-state index is 11.1. The van der Waals surface area contributed by atoms with Gasteiger partial charge in [0.2, 0.25) is 0 Å². The monoisotopic (exact) mass is 213 g/mol. The van der Waals surface area contributed by atoms with Crippen molar-refractivity contribution < 1.29 is 9.90 Å². The molecule has 0 aromatic carbocycles. The Labute approximate surface area is 92.5 Å². The molecule has 0 bridgehead atoms. The molecule has 0 aromatic heterocycles. The zero-order valence-corrected chi connectivity index (χ0v) is 9.91. The highest BCUT2D eigenvalue weighted by molar-refractivity contribution is 5.71. The van der Waals surface area contributed by atoms with E-state index in [1.165, 1.54) is 19.3 Å². The first kappa shape index (κ1) is 12.5. The normalized spacial score (nSPS) is 26.9. The Morgan fingerprint density at radius 3 is 2.67 bits per heavy atom. The van der Waals surface area contributed by atoms with E-state index in [4.69, 9.17) is 5.11 Å². The fourth-order valence-electron chi connectivity index (χ4n) is 2.50. The van der Waals surface area contributed by atoms with Gasteiger partial charge >= 0.3 is 5.97 Å². The molecule has 0 amide bonds. The second-order valence-electron chi connectivity index (χ2n) is 4.63. The topological polar surface area (TPSA) is 40.5 Å². The Kier molecular flexibility index (Phi) is 5.09. The largest absolute Gasteiger partial charge is 0.481 e. The van der Waals surface area contributed by atoms with Crippen LogP contribution in [-0.4, -0.2) is 35.6 Å². The van der Waals surface area contributed by atoms with Gasteiger partial charge in [0.15, 0.2) is 0 Å². The fourth-order valence-corrected chi connectivity index (χ4v) is 2.50. The van der Waals surface area contributed by atoms with Crippen molar-refractivity contribution in [1.29, 1.82) is 0 Å². The molecule has 15 heavy (non-hydrogen) atoms. The minimum atomic E-state index is -0.608. The summed E-state index contributed by atoms with van der Waals surface area (Å²) in [6, 6.07) is 0.266. The molecule has 0 spiro atoms. The molecule has 0 aromatic rings. The van der Waals surface area contributed by atoms with Crippen LogP contribution in [0.15, 0.2) is 0 Å². The van der Waals surface area contributed by atoms with Crippen LogP contribution in [0.1, 0.15) is 45.4 Å². The summed E-state index contributed by atoms with van der Waals surface area (Å²) in [6.07, 6.45) is 6.52. The van der Waals surface area contributed by atoms with Gasteiger partial charge in [0, 0.05) is 6.04 Å². The second-order valence-corrected chi connectivity index (χ2v) is 4.63. The maximum absolute atomic E-state index is 11.1. The van der Waals surface area contributed by atoms with Gasteiger partial charge in [-0.15, -0.1) is 0 Å². The Morgan fingerprint density at radius 2 is 2.07 bits per heavy atom. The average molecular weight is 213 g/mol. The van der Waals surface area contributed by atoms with Crippen LogP contribution in [0.25, 0.3) is 0 Å². The van der Waals surface area contributed by atoms with E-state index in [1.807, 2.05) is 0 Å². The van der Waals surface area contributed by atoms with E-state index in [-0.39, 0.29) is 12.0 Å². The molecule has 0 aliphatic heterocycles. The van der Waals surface area contributed by atoms with Crippen molar-refractivity contribution in [1.82, 2.24) is 4.90 Å². The van der Waals surface area contributed by atoms with E-state index >= 15 is 0 Å². The van der Waals surface area contributed by atoms with Gasteiger partial charge in [0.05, 0.1) is 5.92 Å². The van der Waals surface area contributed by atoms with Gasteiger partial charge < -0.3 is 10.0 Å². The highest BCUT2D eigenvalue weighted by atomic mass is 16.4. The van der Waals surface area contributed by atoms with Crippen molar-refractivity contribution in [2.45, 2.75) is 51.5 Å². The molecular formula is C12H23NO2. The molecule has 88 valence electrons. The number of hydrogen-bond acceptors (Lipinski definition) is 2. The van der Waals surface area contributed by atoms with Gasteiger partial charge in [-0.25, -0.2) is 0 Å². The van der Waals surface area contributed by atoms with E-state index in [1.54, 1.807) is 0 Å². The lowest BCUT2D eigenvalue weighted by molar-refractivity contribution is -0.145. The van der Waals surface area contributed by atoms with Crippen LogP contribution >= 0.6 is 0 Å². The zero-order valence-electron chi connectivity index (χ0n) is 9.91. The fraction of sp³-hybridized carbons (Fsp3) is 0.917. The molecule has 2 atom stereocenters. The van der Waals surface area contributed by atoms with Crippen LogP contribution in [0.2, 0.25) is 0 Å². The van der Waals surface area contributed by atoms with E-state index in [0.717, 1.165) is 25.8 Å².